The molecule has 1 radical (unpaired) electrons. The molecule has 0 amide bonds. The molecule has 5 heteroatoms. The Hall–Kier alpha value is -4.05. The van der Waals surface area contributed by atoms with E-state index in [2.05, 4.69) is 117 Å². The van der Waals surface area contributed by atoms with Crippen molar-refractivity contribution < 1.29 is 30.0 Å². The second kappa shape index (κ2) is 13.8. The molecule has 4 nitrogen and oxygen atoms in total. The predicted molar refractivity (Wildman–Crippen MR) is 211 cm³/mol. The summed E-state index contributed by atoms with van der Waals surface area (Å²) in [6.07, 6.45) is 4.91. The monoisotopic (exact) mass is 854 g/mol. The van der Waals surface area contributed by atoms with Crippen molar-refractivity contribution >= 4 is 65.7 Å². The van der Waals surface area contributed by atoms with Crippen molar-refractivity contribution in [1.82, 2.24) is 9.38 Å². The van der Waals surface area contributed by atoms with Gasteiger partial charge < -0.3 is 9.51 Å². The molecule has 51 heavy (non-hydrogen) atoms. The molecule has 8 rings (SSSR count). The molecule has 0 aliphatic heterocycles. The standard InChI is InChI=1S/C33H25N2.C13H24O2.Ir/c1-32(2)28-21-13-7-9-15-24(21)34-30-23-17-19-11-5-6-12-20(19)18-26(23)35-25-16-10-8-14-22(25)29(33(32,3)4)31(35)27(28)30;1-5-10(6-2)12(14)9-13(15)11(7-3)8-4;/h5-16,18H,1-4H3;9-11,14H,5-8H2,1-4H3;/q-1;;/b;12-9-;. The van der Waals surface area contributed by atoms with Gasteiger partial charge in [0.15, 0.2) is 5.78 Å². The number of allylic oxidation sites excluding steroid dienone is 2. The van der Waals surface area contributed by atoms with Gasteiger partial charge in [-0.25, -0.2) is 0 Å². The Bertz CT molecular complexity index is 2480. The summed E-state index contributed by atoms with van der Waals surface area (Å²) in [5.41, 5.74) is 8.54. The van der Waals surface area contributed by atoms with Gasteiger partial charge in [0.1, 0.15) is 0 Å². The summed E-state index contributed by atoms with van der Waals surface area (Å²) in [7, 11) is 0. The molecule has 3 aromatic heterocycles. The smallest absolute Gasteiger partial charge is 0.162 e. The van der Waals surface area contributed by atoms with Crippen LogP contribution < -0.4 is 0 Å². The van der Waals surface area contributed by atoms with Crippen molar-refractivity contribution in [3.05, 3.63) is 108 Å². The summed E-state index contributed by atoms with van der Waals surface area (Å²) in [4.78, 5) is 17.1. The van der Waals surface area contributed by atoms with Gasteiger partial charge >= 0.3 is 0 Å². The molecular formula is C46H49IrN2O2-. The van der Waals surface area contributed by atoms with Crippen LogP contribution in [-0.4, -0.2) is 20.3 Å². The SMILES string of the molecule is CC1(C)c2c3ccccc3nc3c4[c-]c5ccccc5cc4n4c5ccccc5c(c4c23)C1(C)C.CCC(CC)C(=O)/C=C(\O)C(CC)CC.[Ir]. The summed E-state index contributed by atoms with van der Waals surface area (Å²) in [6, 6.07) is 32.3. The molecule has 1 aliphatic rings. The fourth-order valence-corrected chi connectivity index (χ4v) is 8.55. The van der Waals surface area contributed by atoms with E-state index in [1.54, 1.807) is 0 Å². The molecule has 265 valence electrons. The molecule has 4 aromatic carbocycles. The maximum absolute atomic E-state index is 11.7. The summed E-state index contributed by atoms with van der Waals surface area (Å²) in [5, 5.41) is 17.1. The van der Waals surface area contributed by atoms with Crippen molar-refractivity contribution in [1.29, 1.82) is 0 Å². The number of aliphatic hydroxyl groups is 1. The minimum atomic E-state index is -0.101. The maximum atomic E-state index is 11.7. The van der Waals surface area contributed by atoms with Gasteiger partial charge in [-0.2, -0.15) is 0 Å². The van der Waals surface area contributed by atoms with Gasteiger partial charge in [-0.1, -0.05) is 127 Å². The van der Waals surface area contributed by atoms with Crippen molar-refractivity contribution in [2.45, 2.75) is 91.9 Å². The zero-order chi connectivity index (χ0) is 35.5. The Morgan fingerprint density at radius 3 is 2.06 bits per heavy atom. The minimum Gasteiger partial charge on any atom is -0.512 e. The third kappa shape index (κ3) is 5.59. The molecule has 1 aliphatic carbocycles. The number of fused-ring (bicyclic) bond motifs is 9. The summed E-state index contributed by atoms with van der Waals surface area (Å²) >= 11 is 0. The van der Waals surface area contributed by atoms with Gasteiger partial charge in [-0.15, -0.1) is 17.5 Å². The van der Waals surface area contributed by atoms with Crippen LogP contribution in [0.3, 0.4) is 0 Å². The van der Waals surface area contributed by atoms with E-state index < -0.39 is 0 Å². The molecule has 0 atom stereocenters. The fourth-order valence-electron chi connectivity index (χ4n) is 8.55. The Kier molecular flexibility index (Phi) is 9.96. The van der Waals surface area contributed by atoms with E-state index in [0.717, 1.165) is 47.5 Å². The Labute approximate surface area is 315 Å². The maximum Gasteiger partial charge on any atom is 0.162 e. The average molecular weight is 854 g/mol. The average Bonchev–Trinajstić information content (AvgIpc) is 3.47. The first-order chi connectivity index (χ1) is 24.0. The van der Waals surface area contributed by atoms with Crippen LogP contribution in [0.1, 0.15) is 92.2 Å². The minimum absolute atomic E-state index is 0. The molecule has 0 saturated heterocycles. The fraction of sp³-hybridized carbons (Fsp3) is 0.348. The zero-order valence-electron chi connectivity index (χ0n) is 31.1. The van der Waals surface area contributed by atoms with Crippen LogP contribution in [0.15, 0.2) is 90.7 Å². The Balaban J connectivity index is 0.000000241. The Morgan fingerprint density at radius 2 is 1.37 bits per heavy atom. The third-order valence-electron chi connectivity index (χ3n) is 12.1. The van der Waals surface area contributed by atoms with Crippen molar-refractivity contribution in [2.75, 3.05) is 0 Å². The van der Waals surface area contributed by atoms with E-state index in [1.807, 2.05) is 27.7 Å². The van der Waals surface area contributed by atoms with Crippen LogP contribution >= 0.6 is 0 Å². The molecule has 0 bridgehead atoms. The van der Waals surface area contributed by atoms with Gasteiger partial charge in [0.25, 0.3) is 0 Å². The van der Waals surface area contributed by atoms with Crippen molar-refractivity contribution in [3.8, 4) is 0 Å². The van der Waals surface area contributed by atoms with Crippen LogP contribution in [0.2, 0.25) is 0 Å². The number of hydrogen-bond acceptors (Lipinski definition) is 3. The molecule has 0 spiro atoms. The number of carbonyl (C=O) groups is 1. The molecular weight excluding hydrogens is 805 g/mol. The second-order valence-electron chi connectivity index (χ2n) is 15.2. The molecule has 0 fully saturated rings. The number of carbonyl (C=O) groups excluding carboxylic acids is 1. The topological polar surface area (TPSA) is 54.6 Å². The first-order valence-corrected chi connectivity index (χ1v) is 18.5. The van der Waals surface area contributed by atoms with Crippen LogP contribution in [0.5, 0.6) is 0 Å². The molecule has 7 aromatic rings. The van der Waals surface area contributed by atoms with Gasteiger partial charge in [0, 0.05) is 70.8 Å². The van der Waals surface area contributed by atoms with Gasteiger partial charge in [-0.05, 0) is 65.3 Å². The number of pyridine rings is 2. The van der Waals surface area contributed by atoms with Crippen LogP contribution in [0.25, 0.3) is 59.9 Å². The molecule has 0 saturated carbocycles. The number of ketones is 1. The Morgan fingerprint density at radius 1 is 0.784 bits per heavy atom. The van der Waals surface area contributed by atoms with Gasteiger partial charge in [0.2, 0.25) is 0 Å². The molecule has 1 N–H and O–H groups in total. The van der Waals surface area contributed by atoms with Crippen molar-refractivity contribution in [2.24, 2.45) is 11.8 Å². The first-order valence-electron chi connectivity index (χ1n) is 18.5. The second-order valence-corrected chi connectivity index (χ2v) is 15.2. The van der Waals surface area contributed by atoms with E-state index in [9.17, 15) is 9.90 Å². The van der Waals surface area contributed by atoms with E-state index in [0.29, 0.717) is 0 Å². The van der Waals surface area contributed by atoms with Gasteiger partial charge in [0.05, 0.1) is 11.3 Å². The number of benzene rings is 4. The van der Waals surface area contributed by atoms with Crippen LogP contribution in [0, 0.1) is 17.9 Å². The van der Waals surface area contributed by atoms with E-state index in [-0.39, 0.29) is 54.3 Å². The zero-order valence-corrected chi connectivity index (χ0v) is 33.5. The van der Waals surface area contributed by atoms with Crippen LogP contribution in [0.4, 0.5) is 0 Å². The molecule has 0 unspecified atom stereocenters. The summed E-state index contributed by atoms with van der Waals surface area (Å²) in [5.74, 6) is 0.547. The number of hydrogen-bond donors (Lipinski definition) is 1. The summed E-state index contributed by atoms with van der Waals surface area (Å²) in [6.45, 7) is 17.8. The van der Waals surface area contributed by atoms with E-state index in [1.165, 1.54) is 55.3 Å². The number of aromatic nitrogens is 2. The van der Waals surface area contributed by atoms with E-state index in [4.69, 9.17) is 4.98 Å². The number of nitrogens with zero attached hydrogens (tertiary/aromatic N) is 2. The predicted octanol–water partition coefficient (Wildman–Crippen LogP) is 12.3. The first kappa shape index (κ1) is 36.7. The van der Waals surface area contributed by atoms with Crippen LogP contribution in [-0.2, 0) is 35.7 Å². The number of para-hydroxylation sites is 2. The summed E-state index contributed by atoms with van der Waals surface area (Å²) < 4.78 is 2.50. The van der Waals surface area contributed by atoms with E-state index >= 15 is 0 Å². The number of rotatable bonds is 7. The quantitative estimate of drug-likeness (QED) is 0.0571. The third-order valence-corrected chi connectivity index (χ3v) is 12.1. The number of aliphatic hydroxyl groups excluding tert-OH is 1. The largest absolute Gasteiger partial charge is 0.512 e. The molecule has 3 heterocycles. The normalized spacial score (nSPS) is 15.0. The van der Waals surface area contributed by atoms with Gasteiger partial charge in [-0.3, -0.25) is 9.78 Å². The van der Waals surface area contributed by atoms with Crippen molar-refractivity contribution in [3.63, 3.8) is 0 Å².